The van der Waals surface area contributed by atoms with Gasteiger partial charge in [0.15, 0.2) is 0 Å². The van der Waals surface area contributed by atoms with Crippen LogP contribution in [0, 0.1) is 5.92 Å². The highest BCUT2D eigenvalue weighted by Gasteiger charge is 2.21. The number of likely N-dealkylation sites (tertiary alicyclic amines) is 1. The number of rotatable bonds is 6. The molecular formula is C19H28N6O2S. The second kappa shape index (κ2) is 8.57. The van der Waals surface area contributed by atoms with Gasteiger partial charge in [-0.05, 0) is 57.7 Å². The van der Waals surface area contributed by atoms with E-state index in [9.17, 15) is 9.59 Å². The molecule has 4 heterocycles. The average Bonchev–Trinajstić information content (AvgIpc) is 3.36. The van der Waals surface area contributed by atoms with Crippen molar-refractivity contribution in [2.24, 2.45) is 5.92 Å². The first kappa shape index (κ1) is 19.3. The Labute approximate surface area is 168 Å². The summed E-state index contributed by atoms with van der Waals surface area (Å²) in [6.45, 7) is 8.00. The number of aromatic nitrogens is 3. The lowest BCUT2D eigenvalue weighted by Crippen LogP contribution is -2.34. The van der Waals surface area contributed by atoms with Crippen LogP contribution in [0.25, 0.3) is 4.96 Å². The Kier molecular flexibility index (Phi) is 5.91. The fraction of sp³-hybridized carbons (Fsp3) is 0.684. The summed E-state index contributed by atoms with van der Waals surface area (Å²) in [5, 5.41) is 8.11. The highest BCUT2D eigenvalue weighted by Crippen LogP contribution is 2.26. The van der Waals surface area contributed by atoms with Crippen LogP contribution in [0.1, 0.15) is 49.4 Å². The quantitative estimate of drug-likeness (QED) is 0.737. The van der Waals surface area contributed by atoms with E-state index in [1.165, 1.54) is 34.9 Å². The lowest BCUT2D eigenvalue weighted by atomic mass is 10.00. The number of piperidine rings is 1. The summed E-state index contributed by atoms with van der Waals surface area (Å²) in [4.78, 5) is 34.6. The number of hydrogen-bond donors (Lipinski definition) is 1. The molecular weight excluding hydrogens is 376 g/mol. The third-order valence-corrected chi connectivity index (χ3v) is 6.69. The Balaban J connectivity index is 1.40. The Morgan fingerprint density at radius 1 is 1.25 bits per heavy atom. The van der Waals surface area contributed by atoms with Crippen molar-refractivity contribution in [3.8, 4) is 0 Å². The third-order valence-electron chi connectivity index (χ3n) is 5.71. The SMILES string of the molecule is CC1CCN(c2nn3c(=O)c(C(=O)NCCCN4CCCC4)cnc3s2)CC1. The monoisotopic (exact) mass is 404 g/mol. The van der Waals surface area contributed by atoms with Gasteiger partial charge in [0, 0.05) is 25.8 Å². The lowest BCUT2D eigenvalue weighted by Gasteiger charge is -2.29. The molecule has 9 heteroatoms. The van der Waals surface area contributed by atoms with Crippen LogP contribution in [0.4, 0.5) is 5.13 Å². The minimum Gasteiger partial charge on any atom is -0.352 e. The Morgan fingerprint density at radius 3 is 2.75 bits per heavy atom. The maximum Gasteiger partial charge on any atom is 0.288 e. The van der Waals surface area contributed by atoms with Crippen LogP contribution in [0.3, 0.4) is 0 Å². The number of fused-ring (bicyclic) bond motifs is 1. The van der Waals surface area contributed by atoms with Crippen molar-refractivity contribution in [1.82, 2.24) is 24.8 Å². The molecule has 0 spiro atoms. The van der Waals surface area contributed by atoms with Gasteiger partial charge in [0.1, 0.15) is 5.56 Å². The molecule has 4 rings (SSSR count). The number of carbonyl (C=O) groups excluding carboxylic acids is 1. The first-order chi connectivity index (χ1) is 13.6. The zero-order valence-corrected chi connectivity index (χ0v) is 17.2. The Hall–Kier alpha value is -2.00. The van der Waals surface area contributed by atoms with Crippen molar-refractivity contribution >= 4 is 27.3 Å². The fourth-order valence-electron chi connectivity index (χ4n) is 3.87. The second-order valence-electron chi connectivity index (χ2n) is 7.88. The van der Waals surface area contributed by atoms with E-state index in [-0.39, 0.29) is 11.5 Å². The molecule has 0 atom stereocenters. The van der Waals surface area contributed by atoms with Crippen LogP contribution in [0.5, 0.6) is 0 Å². The molecule has 0 saturated carbocycles. The molecule has 0 bridgehead atoms. The largest absolute Gasteiger partial charge is 0.352 e. The lowest BCUT2D eigenvalue weighted by molar-refractivity contribution is 0.0950. The summed E-state index contributed by atoms with van der Waals surface area (Å²) in [7, 11) is 0. The van der Waals surface area contributed by atoms with E-state index in [1.807, 2.05) is 0 Å². The average molecular weight is 405 g/mol. The molecule has 2 aromatic heterocycles. The molecule has 8 nitrogen and oxygen atoms in total. The fourth-order valence-corrected chi connectivity index (χ4v) is 4.78. The number of anilines is 1. The minimum atomic E-state index is -0.394. The maximum absolute atomic E-state index is 12.7. The first-order valence-electron chi connectivity index (χ1n) is 10.3. The summed E-state index contributed by atoms with van der Waals surface area (Å²) in [5.74, 6) is 0.363. The predicted octanol–water partition coefficient (Wildman–Crippen LogP) is 1.60. The molecule has 152 valence electrons. The standard InChI is InChI=1S/C19H28N6O2S/c1-14-5-11-24(12-6-14)19-22-25-17(27)15(13-21-18(25)28-19)16(26)20-7-4-10-23-8-2-3-9-23/h13-14H,2-12H2,1H3,(H,20,26). The van der Waals surface area contributed by atoms with Gasteiger partial charge < -0.3 is 15.1 Å². The molecule has 0 unspecified atom stereocenters. The van der Waals surface area contributed by atoms with E-state index >= 15 is 0 Å². The van der Waals surface area contributed by atoms with Crippen LogP contribution in [-0.4, -0.2) is 64.7 Å². The number of nitrogens with one attached hydrogen (secondary N) is 1. The second-order valence-corrected chi connectivity index (χ2v) is 8.82. The van der Waals surface area contributed by atoms with Gasteiger partial charge in [-0.3, -0.25) is 9.59 Å². The van der Waals surface area contributed by atoms with Crippen LogP contribution < -0.4 is 15.8 Å². The van der Waals surface area contributed by atoms with Gasteiger partial charge in [-0.15, -0.1) is 5.10 Å². The molecule has 0 radical (unpaired) electrons. The number of hydrogen-bond acceptors (Lipinski definition) is 7. The van der Waals surface area contributed by atoms with Crippen LogP contribution in [0.15, 0.2) is 11.0 Å². The van der Waals surface area contributed by atoms with E-state index < -0.39 is 5.56 Å². The van der Waals surface area contributed by atoms with Gasteiger partial charge in [-0.25, -0.2) is 4.98 Å². The number of nitrogens with zero attached hydrogens (tertiary/aromatic N) is 5. The van der Waals surface area contributed by atoms with Crippen molar-refractivity contribution < 1.29 is 4.79 Å². The minimum absolute atomic E-state index is 0.0581. The van der Waals surface area contributed by atoms with Gasteiger partial charge in [-0.1, -0.05) is 18.3 Å². The summed E-state index contributed by atoms with van der Waals surface area (Å²) < 4.78 is 1.27. The predicted molar refractivity (Wildman–Crippen MR) is 110 cm³/mol. The van der Waals surface area contributed by atoms with E-state index in [2.05, 4.69) is 32.1 Å². The molecule has 2 aliphatic heterocycles. The van der Waals surface area contributed by atoms with Crippen molar-refractivity contribution in [1.29, 1.82) is 0 Å². The summed E-state index contributed by atoms with van der Waals surface area (Å²) in [6.07, 6.45) is 7.05. The number of carbonyl (C=O) groups is 1. The normalized spacial score (nSPS) is 18.8. The topological polar surface area (TPSA) is 82.8 Å². The van der Waals surface area contributed by atoms with Crippen LogP contribution >= 0.6 is 11.3 Å². The van der Waals surface area contributed by atoms with Crippen molar-refractivity contribution in [2.75, 3.05) is 44.2 Å². The number of amides is 1. The summed E-state index contributed by atoms with van der Waals surface area (Å²) in [5.41, 5.74) is -0.335. The summed E-state index contributed by atoms with van der Waals surface area (Å²) >= 11 is 1.40. The van der Waals surface area contributed by atoms with Crippen molar-refractivity contribution in [3.63, 3.8) is 0 Å². The van der Waals surface area contributed by atoms with E-state index in [0.717, 1.165) is 63.0 Å². The zero-order valence-electron chi connectivity index (χ0n) is 16.4. The molecule has 2 aromatic rings. The van der Waals surface area contributed by atoms with Gasteiger partial charge in [0.05, 0.1) is 0 Å². The smallest absolute Gasteiger partial charge is 0.288 e. The Bertz CT molecular complexity index is 880. The molecule has 1 N–H and O–H groups in total. The molecule has 0 aromatic carbocycles. The molecule has 2 aliphatic rings. The maximum atomic E-state index is 12.7. The first-order valence-corrected chi connectivity index (χ1v) is 11.1. The van der Waals surface area contributed by atoms with Crippen LogP contribution in [0.2, 0.25) is 0 Å². The Morgan fingerprint density at radius 2 is 2.00 bits per heavy atom. The highest BCUT2D eigenvalue weighted by molar-refractivity contribution is 7.20. The van der Waals surface area contributed by atoms with E-state index in [4.69, 9.17) is 0 Å². The highest BCUT2D eigenvalue weighted by atomic mass is 32.1. The summed E-state index contributed by atoms with van der Waals surface area (Å²) in [6, 6.07) is 0. The zero-order chi connectivity index (χ0) is 19.5. The molecule has 1 amide bonds. The van der Waals surface area contributed by atoms with Gasteiger partial charge in [0.2, 0.25) is 10.1 Å². The van der Waals surface area contributed by atoms with Crippen molar-refractivity contribution in [2.45, 2.75) is 39.0 Å². The van der Waals surface area contributed by atoms with Gasteiger partial charge >= 0.3 is 0 Å². The van der Waals surface area contributed by atoms with Gasteiger partial charge in [-0.2, -0.15) is 4.52 Å². The van der Waals surface area contributed by atoms with Crippen molar-refractivity contribution in [3.05, 3.63) is 22.1 Å². The molecule has 0 aliphatic carbocycles. The molecule has 28 heavy (non-hydrogen) atoms. The van der Waals surface area contributed by atoms with E-state index in [0.29, 0.717) is 11.5 Å². The third kappa shape index (κ3) is 4.20. The van der Waals surface area contributed by atoms with Gasteiger partial charge in [0.25, 0.3) is 11.5 Å². The van der Waals surface area contributed by atoms with E-state index in [1.54, 1.807) is 0 Å². The molecule has 2 fully saturated rings. The van der Waals surface area contributed by atoms with Crippen LogP contribution in [-0.2, 0) is 0 Å². The molecule has 2 saturated heterocycles.